The van der Waals surface area contributed by atoms with Crippen molar-refractivity contribution in [3.05, 3.63) is 207 Å². The average molecular weight is 1180 g/mol. The third-order valence-electron chi connectivity index (χ3n) is 11.7. The van der Waals surface area contributed by atoms with Crippen molar-refractivity contribution in [2.75, 3.05) is 26.4 Å². The molecule has 3 atom stereocenters. The van der Waals surface area contributed by atoms with Gasteiger partial charge in [-0.25, -0.2) is 4.57 Å². The van der Waals surface area contributed by atoms with E-state index in [1.807, 2.05) is 24.3 Å². The number of phosphoric acid groups is 1. The Kier molecular flexibility index (Phi) is 58.6. The molecule has 466 valence electrons. The summed E-state index contributed by atoms with van der Waals surface area (Å²) in [6.07, 6.45) is 89.5. The molecule has 0 bridgehead atoms. The molecule has 0 amide bonds. The predicted molar refractivity (Wildman–Crippen MR) is 352 cm³/mol. The van der Waals surface area contributed by atoms with Gasteiger partial charge in [-0.3, -0.25) is 23.4 Å². The number of carbonyl (C=O) groups excluding carboxylic acids is 3. The van der Waals surface area contributed by atoms with Gasteiger partial charge in [0.25, 0.3) is 0 Å². The van der Waals surface area contributed by atoms with Crippen molar-refractivity contribution in [3.8, 4) is 0 Å². The van der Waals surface area contributed by atoms with Gasteiger partial charge in [0.2, 0.25) is 0 Å². The lowest BCUT2D eigenvalue weighted by atomic mass is 10.1. The Bertz CT molecular complexity index is 2210. The van der Waals surface area contributed by atoms with E-state index in [0.717, 1.165) is 122 Å². The second-order valence-corrected chi connectivity index (χ2v) is 20.8. The Morgan fingerprint density at radius 1 is 0.333 bits per heavy atom. The summed E-state index contributed by atoms with van der Waals surface area (Å²) in [6, 6.07) is 0. The van der Waals surface area contributed by atoms with Crippen molar-refractivity contribution in [2.24, 2.45) is 0 Å². The molecule has 0 aromatic heterocycles. The largest absolute Gasteiger partial charge is 0.472 e. The number of hydrogen-bond donors (Lipinski definition) is 2. The number of carbonyl (C=O) groups is 3. The van der Waals surface area contributed by atoms with Crippen molar-refractivity contribution in [1.82, 2.24) is 0 Å². The van der Waals surface area contributed by atoms with Crippen LogP contribution in [0.4, 0.5) is 0 Å². The van der Waals surface area contributed by atoms with Gasteiger partial charge in [-0.1, -0.05) is 234 Å². The summed E-state index contributed by atoms with van der Waals surface area (Å²) in [5.74, 6) is -1.73. The molecule has 12 heteroatoms. The summed E-state index contributed by atoms with van der Waals surface area (Å²) in [5.41, 5.74) is 0. The summed E-state index contributed by atoms with van der Waals surface area (Å²) < 4.78 is 39.4. The summed E-state index contributed by atoms with van der Waals surface area (Å²) in [4.78, 5) is 48.7. The van der Waals surface area contributed by atoms with Crippen LogP contribution in [0.5, 0.6) is 0 Å². The van der Waals surface area contributed by atoms with Gasteiger partial charge in [-0.05, 0) is 141 Å². The van der Waals surface area contributed by atoms with Gasteiger partial charge in [0.1, 0.15) is 12.7 Å². The van der Waals surface area contributed by atoms with Crippen LogP contribution in [-0.2, 0) is 42.2 Å². The first-order valence-corrected chi connectivity index (χ1v) is 32.5. The Balaban J connectivity index is 4.99. The summed E-state index contributed by atoms with van der Waals surface area (Å²) in [7, 11) is -4.82. The number of rotatable bonds is 54. The molecule has 0 aromatic rings. The highest BCUT2D eigenvalue weighted by atomic mass is 31.2. The van der Waals surface area contributed by atoms with Gasteiger partial charge in [0, 0.05) is 19.3 Å². The van der Waals surface area contributed by atoms with E-state index in [0.29, 0.717) is 25.7 Å². The van der Waals surface area contributed by atoms with Crippen LogP contribution in [0.3, 0.4) is 0 Å². The van der Waals surface area contributed by atoms with Crippen molar-refractivity contribution in [3.63, 3.8) is 0 Å². The van der Waals surface area contributed by atoms with Gasteiger partial charge in [-0.15, -0.1) is 0 Å². The van der Waals surface area contributed by atoms with Crippen molar-refractivity contribution < 1.29 is 52.2 Å². The second kappa shape index (κ2) is 63.1. The number of unbranched alkanes of at least 4 members (excludes halogenated alkanes) is 3. The number of esters is 3. The number of ether oxygens (including phenoxy) is 3. The maximum absolute atomic E-state index is 12.9. The molecule has 0 fully saturated rings. The molecule has 0 rings (SSSR count). The SMILES string of the molecule is CC/C=C\C/C=C\C/C=C\C/C=C\C/C=C\C/C=C\CCC(=O)OCC(COP(=O)(O)OCC(CO)OC(=O)CCCCC/C=C\C/C=C\C/C=C\C/C=C\C/C=C\CC)OC(=O)CC/C=C\C/C=C\C/C=C\C/C=C\C/C=C\C/C=C\CC. The van der Waals surface area contributed by atoms with Crippen LogP contribution in [0.1, 0.15) is 188 Å². The fraction of sp³-hybridized carbons (Fsp3) is 0.486. The highest BCUT2D eigenvalue weighted by Gasteiger charge is 2.28. The monoisotopic (exact) mass is 1180 g/mol. The molecule has 0 aliphatic heterocycles. The minimum absolute atomic E-state index is 0.0103. The van der Waals surface area contributed by atoms with E-state index in [1.54, 1.807) is 0 Å². The van der Waals surface area contributed by atoms with Gasteiger partial charge < -0.3 is 24.2 Å². The number of allylic oxidation sites excluding steroid dienone is 34. The van der Waals surface area contributed by atoms with Gasteiger partial charge in [0.05, 0.1) is 19.8 Å². The normalized spacial score (nSPS) is 14.7. The Labute approximate surface area is 508 Å². The van der Waals surface area contributed by atoms with Gasteiger partial charge in [-0.2, -0.15) is 0 Å². The molecule has 0 aliphatic rings. The van der Waals surface area contributed by atoms with E-state index in [2.05, 4.69) is 203 Å². The molecule has 0 heterocycles. The molecule has 0 saturated heterocycles. The molecule has 0 spiro atoms. The zero-order chi connectivity index (χ0) is 61.2. The molecule has 2 N–H and O–H groups in total. The summed E-state index contributed by atoms with van der Waals surface area (Å²) in [6.45, 7) is 4.06. The van der Waals surface area contributed by atoms with E-state index in [9.17, 15) is 28.9 Å². The van der Waals surface area contributed by atoms with Crippen molar-refractivity contribution in [2.45, 2.75) is 200 Å². The average Bonchev–Trinajstić information content (AvgIpc) is 3.55. The molecule has 84 heavy (non-hydrogen) atoms. The molecule has 0 aromatic carbocycles. The highest BCUT2D eigenvalue weighted by molar-refractivity contribution is 7.47. The Morgan fingerprint density at radius 2 is 0.607 bits per heavy atom. The number of hydrogen-bond acceptors (Lipinski definition) is 10. The number of aliphatic hydroxyl groups excluding tert-OH is 1. The van der Waals surface area contributed by atoms with Crippen LogP contribution in [0.2, 0.25) is 0 Å². The maximum Gasteiger partial charge on any atom is 0.472 e. The van der Waals surface area contributed by atoms with E-state index in [4.69, 9.17) is 23.3 Å². The molecule has 0 aliphatic carbocycles. The lowest BCUT2D eigenvalue weighted by Crippen LogP contribution is -2.30. The second-order valence-electron chi connectivity index (χ2n) is 19.4. The van der Waals surface area contributed by atoms with E-state index in [-0.39, 0.29) is 19.3 Å². The topological polar surface area (TPSA) is 155 Å². The summed E-state index contributed by atoms with van der Waals surface area (Å²) in [5, 5.41) is 9.85. The van der Waals surface area contributed by atoms with Crippen LogP contribution in [0.25, 0.3) is 0 Å². The van der Waals surface area contributed by atoms with Crippen molar-refractivity contribution >= 4 is 25.7 Å². The van der Waals surface area contributed by atoms with Gasteiger partial charge in [0.15, 0.2) is 6.10 Å². The lowest BCUT2D eigenvalue weighted by Gasteiger charge is -2.21. The molecule has 3 unspecified atom stereocenters. The molecular formula is C72H107O11P. The zero-order valence-corrected chi connectivity index (χ0v) is 52.4. The maximum atomic E-state index is 12.9. The van der Waals surface area contributed by atoms with E-state index >= 15 is 0 Å². The fourth-order valence-corrected chi connectivity index (χ4v) is 7.92. The first-order chi connectivity index (χ1) is 41.2. The molecular weight excluding hydrogens is 1070 g/mol. The smallest absolute Gasteiger partial charge is 0.462 e. The third kappa shape index (κ3) is 60.6. The van der Waals surface area contributed by atoms with E-state index < -0.39 is 64.4 Å². The minimum Gasteiger partial charge on any atom is -0.462 e. The Hall–Kier alpha value is -5.94. The standard InChI is InChI=1S/C72H107O11P/c1-4-7-10-13-16-19-22-25-28-31-34-37-40-43-46-49-52-55-58-61-70(74)79-65-69(83-72(76)63-60-57-54-51-48-45-42-39-36-33-30-27-24-21-18-15-12-9-6-3)67-81-84(77,78)80-66-68(64-73)82-71(75)62-59-56-53-50-47-44-41-38-35-32-29-26-23-20-17-14-11-8-5-2/h7-12,16-21,25-30,34-39,43-48,52,54-55,57,68-69,73H,4-6,13-15,22-24,31-33,40-42,49-51,53,56,58-67H2,1-3H3,(H,77,78)/b10-7-,11-8-,12-9-,19-16-,20-17-,21-18-,28-25-,29-26-,30-27-,37-34-,38-35-,39-36-,46-43-,47-44-,48-45-,55-52-,57-54-. The molecule has 0 radical (unpaired) electrons. The lowest BCUT2D eigenvalue weighted by molar-refractivity contribution is -0.161. The molecule has 0 saturated carbocycles. The first kappa shape index (κ1) is 78.1. The van der Waals surface area contributed by atoms with Crippen molar-refractivity contribution in [1.29, 1.82) is 0 Å². The van der Waals surface area contributed by atoms with Crippen LogP contribution in [0.15, 0.2) is 207 Å². The van der Waals surface area contributed by atoms with Crippen LogP contribution in [-0.4, -0.2) is 66.5 Å². The van der Waals surface area contributed by atoms with Crippen LogP contribution in [0, 0.1) is 0 Å². The highest BCUT2D eigenvalue weighted by Crippen LogP contribution is 2.43. The van der Waals surface area contributed by atoms with Crippen LogP contribution >= 0.6 is 7.82 Å². The van der Waals surface area contributed by atoms with Crippen LogP contribution < -0.4 is 0 Å². The quantitative estimate of drug-likeness (QED) is 0.0197. The fourth-order valence-electron chi connectivity index (χ4n) is 7.14. The zero-order valence-electron chi connectivity index (χ0n) is 51.5. The van der Waals surface area contributed by atoms with Gasteiger partial charge >= 0.3 is 25.7 Å². The Morgan fingerprint density at radius 3 is 0.940 bits per heavy atom. The minimum atomic E-state index is -4.82. The first-order valence-electron chi connectivity index (χ1n) is 31.0. The molecule has 11 nitrogen and oxygen atoms in total. The number of phosphoric ester groups is 1. The number of aliphatic hydroxyl groups is 1. The summed E-state index contributed by atoms with van der Waals surface area (Å²) >= 11 is 0. The predicted octanol–water partition coefficient (Wildman–Crippen LogP) is 19.1. The van der Waals surface area contributed by atoms with E-state index in [1.165, 1.54) is 0 Å². The third-order valence-corrected chi connectivity index (χ3v) is 12.7.